The second-order valence-corrected chi connectivity index (χ2v) is 7.45. The molecule has 1 aromatic carbocycles. The van der Waals surface area contributed by atoms with Gasteiger partial charge in [0.2, 0.25) is 0 Å². The third-order valence-corrected chi connectivity index (χ3v) is 5.17. The summed E-state index contributed by atoms with van der Waals surface area (Å²) in [4.78, 5) is 9.48. The molecular weight excluding hydrogens is 426 g/mol. The van der Waals surface area contributed by atoms with Gasteiger partial charge >= 0.3 is 0 Å². The molecule has 4 rings (SSSR count). The van der Waals surface area contributed by atoms with Gasteiger partial charge < -0.3 is 30.6 Å². The van der Waals surface area contributed by atoms with Crippen LogP contribution in [0.5, 0.6) is 5.75 Å². The number of aliphatic hydroxyl groups excluding tert-OH is 2. The lowest BCUT2D eigenvalue weighted by Gasteiger charge is -2.12. The number of aryl methyl sites for hydroxylation is 1. The number of ether oxygens (including phenoxy) is 1. The Morgan fingerprint density at radius 2 is 2.03 bits per heavy atom. The van der Waals surface area contributed by atoms with E-state index in [0.717, 1.165) is 16.8 Å². The monoisotopic (exact) mass is 453 g/mol. The van der Waals surface area contributed by atoms with Gasteiger partial charge in [-0.2, -0.15) is 0 Å². The van der Waals surface area contributed by atoms with Crippen LogP contribution < -0.4 is 15.8 Å². The van der Waals surface area contributed by atoms with Crippen molar-refractivity contribution < 1.29 is 19.6 Å². The summed E-state index contributed by atoms with van der Waals surface area (Å²) >= 11 is 0. The summed E-state index contributed by atoms with van der Waals surface area (Å²) in [6.45, 7) is 3.71. The molecule has 1 atom stereocenters. The standard InChI is InChI=1S/C22H27N7O4/c1-2-29-20-16(32-10-6-9-24-11-15(31)13-30)12-25-17(14-7-4-3-5-8-14)18(20)26-22(29)19-21(23)28-33-27-19/h3-5,7-8,12,15,24,30-31H,2,6,9-11,13H2,1H3,(H2,23,28). The molecule has 0 aliphatic carbocycles. The van der Waals surface area contributed by atoms with Crippen LogP contribution in [-0.2, 0) is 6.54 Å². The molecule has 0 spiro atoms. The number of aliphatic hydroxyl groups is 2. The largest absolute Gasteiger partial charge is 0.490 e. The van der Waals surface area contributed by atoms with Crippen LogP contribution in [0.15, 0.2) is 41.2 Å². The Morgan fingerprint density at radius 1 is 1.21 bits per heavy atom. The second kappa shape index (κ2) is 10.4. The Hall–Kier alpha value is -3.54. The van der Waals surface area contributed by atoms with Crippen molar-refractivity contribution in [1.29, 1.82) is 0 Å². The average Bonchev–Trinajstić information content (AvgIpc) is 3.44. The number of rotatable bonds is 11. The Labute approximate surface area is 190 Å². The van der Waals surface area contributed by atoms with Crippen LogP contribution >= 0.6 is 0 Å². The number of pyridine rings is 1. The van der Waals surface area contributed by atoms with Crippen molar-refractivity contribution in [3.05, 3.63) is 36.5 Å². The first-order valence-electron chi connectivity index (χ1n) is 10.8. The first kappa shape index (κ1) is 22.6. The van der Waals surface area contributed by atoms with Gasteiger partial charge in [-0.05, 0) is 30.2 Å². The number of aromatic nitrogens is 5. The minimum Gasteiger partial charge on any atom is -0.490 e. The highest BCUT2D eigenvalue weighted by Gasteiger charge is 2.23. The Morgan fingerprint density at radius 3 is 2.73 bits per heavy atom. The van der Waals surface area contributed by atoms with E-state index in [4.69, 9.17) is 25.2 Å². The first-order valence-corrected chi connectivity index (χ1v) is 10.8. The molecule has 0 aliphatic heterocycles. The predicted molar refractivity (Wildman–Crippen MR) is 122 cm³/mol. The quantitative estimate of drug-likeness (QED) is 0.245. The van der Waals surface area contributed by atoms with Gasteiger partial charge in [0.15, 0.2) is 23.1 Å². The fourth-order valence-corrected chi connectivity index (χ4v) is 3.58. The fourth-order valence-electron chi connectivity index (χ4n) is 3.58. The van der Waals surface area contributed by atoms with Crippen molar-refractivity contribution >= 4 is 16.9 Å². The molecule has 0 radical (unpaired) electrons. The number of hydrogen-bond acceptors (Lipinski definition) is 10. The number of nitrogens with zero attached hydrogens (tertiary/aromatic N) is 5. The summed E-state index contributed by atoms with van der Waals surface area (Å²) in [7, 11) is 0. The van der Waals surface area contributed by atoms with Gasteiger partial charge in [0, 0.05) is 18.7 Å². The van der Waals surface area contributed by atoms with E-state index in [1.807, 2.05) is 41.8 Å². The van der Waals surface area contributed by atoms with E-state index >= 15 is 0 Å². The molecule has 33 heavy (non-hydrogen) atoms. The van der Waals surface area contributed by atoms with Crippen LogP contribution in [0.25, 0.3) is 33.8 Å². The lowest BCUT2D eigenvalue weighted by Crippen LogP contribution is -2.30. The molecule has 11 nitrogen and oxygen atoms in total. The van der Waals surface area contributed by atoms with Crippen LogP contribution in [0, 0.1) is 0 Å². The molecule has 11 heteroatoms. The van der Waals surface area contributed by atoms with E-state index in [2.05, 4.69) is 20.6 Å². The van der Waals surface area contributed by atoms with Crippen molar-refractivity contribution in [2.45, 2.75) is 26.0 Å². The highest BCUT2D eigenvalue weighted by atomic mass is 16.6. The molecule has 5 N–H and O–H groups in total. The van der Waals surface area contributed by atoms with E-state index in [-0.39, 0.29) is 12.4 Å². The minimum atomic E-state index is -0.768. The molecule has 0 aliphatic rings. The molecule has 0 amide bonds. The average molecular weight is 454 g/mol. The SMILES string of the molecule is CCn1c(-c2nonc2N)nc2c(-c3ccccc3)ncc(OCCCNCC(O)CO)c21. The smallest absolute Gasteiger partial charge is 0.199 e. The van der Waals surface area contributed by atoms with E-state index in [9.17, 15) is 5.11 Å². The number of benzene rings is 1. The molecule has 3 heterocycles. The molecule has 174 valence electrons. The van der Waals surface area contributed by atoms with Crippen molar-refractivity contribution in [2.75, 3.05) is 32.0 Å². The number of hydrogen-bond donors (Lipinski definition) is 4. The predicted octanol–water partition coefficient (Wildman–Crippen LogP) is 1.46. The normalized spacial score (nSPS) is 12.3. The molecule has 0 saturated heterocycles. The second-order valence-electron chi connectivity index (χ2n) is 7.45. The molecule has 0 fully saturated rings. The summed E-state index contributed by atoms with van der Waals surface area (Å²) in [6.07, 6.45) is 1.64. The number of nitrogen functional groups attached to an aromatic ring is 1. The van der Waals surface area contributed by atoms with Crippen molar-refractivity contribution in [1.82, 2.24) is 30.2 Å². The summed E-state index contributed by atoms with van der Waals surface area (Å²) in [5.41, 5.74) is 9.43. The molecular formula is C22H27N7O4. The van der Waals surface area contributed by atoms with Gasteiger partial charge in [-0.15, -0.1) is 0 Å². The molecule has 3 aromatic heterocycles. The van der Waals surface area contributed by atoms with Gasteiger partial charge in [-0.3, -0.25) is 0 Å². The highest BCUT2D eigenvalue weighted by molar-refractivity contribution is 5.95. The number of nitrogens with one attached hydrogen (secondary N) is 1. The van der Waals surface area contributed by atoms with Gasteiger partial charge in [0.1, 0.15) is 11.0 Å². The molecule has 0 bridgehead atoms. The Kier molecular flexibility index (Phi) is 7.13. The zero-order valence-corrected chi connectivity index (χ0v) is 18.3. The van der Waals surface area contributed by atoms with E-state index in [1.54, 1.807) is 6.20 Å². The summed E-state index contributed by atoms with van der Waals surface area (Å²) in [5, 5.41) is 29.0. The van der Waals surface area contributed by atoms with Crippen LogP contribution in [0.3, 0.4) is 0 Å². The Balaban J connectivity index is 1.67. The maximum absolute atomic E-state index is 9.40. The summed E-state index contributed by atoms with van der Waals surface area (Å²) in [6, 6.07) is 9.80. The van der Waals surface area contributed by atoms with E-state index in [0.29, 0.717) is 55.4 Å². The van der Waals surface area contributed by atoms with Gasteiger partial charge in [-0.25, -0.2) is 14.6 Å². The lowest BCUT2D eigenvalue weighted by atomic mass is 10.1. The molecule has 1 unspecified atom stereocenters. The van der Waals surface area contributed by atoms with Crippen LogP contribution in [-0.4, -0.2) is 67.5 Å². The molecule has 4 aromatic rings. The summed E-state index contributed by atoms with van der Waals surface area (Å²) in [5.74, 6) is 1.28. The number of anilines is 1. The zero-order chi connectivity index (χ0) is 23.2. The van der Waals surface area contributed by atoms with Crippen molar-refractivity contribution in [3.63, 3.8) is 0 Å². The van der Waals surface area contributed by atoms with Gasteiger partial charge in [-0.1, -0.05) is 30.3 Å². The van der Waals surface area contributed by atoms with Crippen LogP contribution in [0.4, 0.5) is 5.82 Å². The Bertz CT molecular complexity index is 1190. The minimum absolute atomic E-state index is 0.160. The number of nitrogens with two attached hydrogens (primary N) is 1. The number of fused-ring (bicyclic) bond motifs is 1. The maximum Gasteiger partial charge on any atom is 0.199 e. The molecule has 0 saturated carbocycles. The van der Waals surface area contributed by atoms with Crippen molar-refractivity contribution in [3.8, 4) is 28.5 Å². The number of imidazole rings is 1. The zero-order valence-electron chi connectivity index (χ0n) is 18.3. The van der Waals surface area contributed by atoms with Crippen LogP contribution in [0.2, 0.25) is 0 Å². The lowest BCUT2D eigenvalue weighted by molar-refractivity contribution is 0.0942. The highest BCUT2D eigenvalue weighted by Crippen LogP contribution is 2.36. The van der Waals surface area contributed by atoms with Crippen molar-refractivity contribution in [2.24, 2.45) is 0 Å². The maximum atomic E-state index is 9.40. The summed E-state index contributed by atoms with van der Waals surface area (Å²) < 4.78 is 12.8. The van der Waals surface area contributed by atoms with Gasteiger partial charge in [0.05, 0.1) is 31.2 Å². The topological polar surface area (TPSA) is 157 Å². The third-order valence-electron chi connectivity index (χ3n) is 5.17. The van der Waals surface area contributed by atoms with Gasteiger partial charge in [0.25, 0.3) is 0 Å². The van der Waals surface area contributed by atoms with E-state index < -0.39 is 6.10 Å². The first-order chi connectivity index (χ1) is 16.1. The van der Waals surface area contributed by atoms with Crippen LogP contribution in [0.1, 0.15) is 13.3 Å². The third kappa shape index (κ3) is 4.80. The van der Waals surface area contributed by atoms with E-state index in [1.165, 1.54) is 0 Å². The fraction of sp³-hybridized carbons (Fsp3) is 0.364.